The predicted molar refractivity (Wildman–Crippen MR) is 45.5 cm³/mol. The first-order valence-electron chi connectivity index (χ1n) is 3.84. The number of nitrogens with two attached hydrogens (primary N) is 1. The van der Waals surface area contributed by atoms with Crippen LogP contribution in [-0.2, 0) is 0 Å². The minimum Gasteiger partial charge on any atom is -1.00 e. The largest absolute Gasteiger partial charge is 1.00 e. The van der Waals surface area contributed by atoms with Gasteiger partial charge in [0.25, 0.3) is 0 Å². The van der Waals surface area contributed by atoms with Crippen LogP contribution >= 0.6 is 0 Å². The molecule has 10 heavy (non-hydrogen) atoms. The summed E-state index contributed by atoms with van der Waals surface area (Å²) in [7, 11) is 1.43. The quantitative estimate of drug-likeness (QED) is 0.418. The van der Waals surface area contributed by atoms with Gasteiger partial charge in [-0.1, -0.05) is 25.7 Å². The van der Waals surface area contributed by atoms with Crippen LogP contribution in [0, 0.1) is 0 Å². The maximum absolute atomic E-state index is 2.43. The molecule has 0 aromatic rings. The molecule has 0 saturated carbocycles. The molecule has 0 aromatic carbocycles. The highest BCUT2D eigenvalue weighted by Gasteiger charge is 2.11. The summed E-state index contributed by atoms with van der Waals surface area (Å²) in [6.45, 7) is 8.61. The smallest absolute Gasteiger partial charge is 0.0750 e. The van der Waals surface area contributed by atoms with Crippen molar-refractivity contribution in [1.82, 2.24) is 0 Å². The normalized spacial score (nSPS) is 10.8. The molecule has 0 aliphatic carbocycles. The Labute approximate surface area is 76.4 Å². The van der Waals surface area contributed by atoms with E-state index in [1.165, 1.54) is 19.0 Å². The maximum atomic E-state index is 2.43. The summed E-state index contributed by atoms with van der Waals surface area (Å²) in [5.74, 6) is 0. The van der Waals surface area contributed by atoms with Crippen LogP contribution in [0.3, 0.4) is 0 Å². The zero-order valence-corrected chi connectivity index (χ0v) is 10.2. The lowest BCUT2D eigenvalue weighted by Gasteiger charge is -2.13. The Bertz CT molecular complexity index is 70.5. The maximum Gasteiger partial charge on any atom is 0.0750 e. The van der Waals surface area contributed by atoms with Crippen LogP contribution in [0.4, 0.5) is 0 Å². The third-order valence-corrected chi connectivity index (χ3v) is 3.27. The van der Waals surface area contributed by atoms with Crippen LogP contribution in [0.2, 0.25) is 25.7 Å². The standard InChI is InChI=1S/C7H19NSi.BrH/c1-8-6-5-7-9(2,3)4;/h8H,5-7H2,1-4H3;1H. The monoisotopic (exact) mass is 225 g/mol. The van der Waals surface area contributed by atoms with Crippen LogP contribution in [0.15, 0.2) is 0 Å². The highest BCUT2D eigenvalue weighted by Crippen LogP contribution is 2.08. The van der Waals surface area contributed by atoms with Gasteiger partial charge in [-0.3, -0.25) is 0 Å². The van der Waals surface area contributed by atoms with Crippen molar-refractivity contribution in [2.75, 3.05) is 13.6 Å². The molecule has 0 aromatic heterocycles. The Morgan fingerprint density at radius 1 is 1.20 bits per heavy atom. The summed E-state index contributed by atoms with van der Waals surface area (Å²) in [5, 5.41) is 2.26. The van der Waals surface area contributed by atoms with E-state index in [4.69, 9.17) is 0 Å². The average Bonchev–Trinajstić information content (AvgIpc) is 1.63. The van der Waals surface area contributed by atoms with Crippen molar-refractivity contribution < 1.29 is 22.3 Å². The van der Waals surface area contributed by atoms with Crippen molar-refractivity contribution in [3.8, 4) is 0 Å². The van der Waals surface area contributed by atoms with E-state index in [1.807, 2.05) is 0 Å². The first kappa shape index (κ1) is 13.3. The third kappa shape index (κ3) is 11.5. The zero-order chi connectivity index (χ0) is 7.33. The summed E-state index contributed by atoms with van der Waals surface area (Å²) in [5.41, 5.74) is 0. The van der Waals surface area contributed by atoms with Crippen molar-refractivity contribution in [3.63, 3.8) is 0 Å². The van der Waals surface area contributed by atoms with E-state index in [2.05, 4.69) is 32.0 Å². The lowest BCUT2D eigenvalue weighted by Crippen LogP contribution is -3.00. The van der Waals surface area contributed by atoms with E-state index < -0.39 is 8.07 Å². The van der Waals surface area contributed by atoms with Crippen molar-refractivity contribution in [3.05, 3.63) is 0 Å². The summed E-state index contributed by atoms with van der Waals surface area (Å²) in [6, 6.07) is 1.48. The minimum absolute atomic E-state index is 0. The fraction of sp³-hybridized carbons (Fsp3) is 1.00. The lowest BCUT2D eigenvalue weighted by atomic mass is 10.5. The highest BCUT2D eigenvalue weighted by atomic mass is 79.9. The van der Waals surface area contributed by atoms with E-state index in [0.29, 0.717) is 0 Å². The fourth-order valence-corrected chi connectivity index (χ4v) is 2.10. The highest BCUT2D eigenvalue weighted by molar-refractivity contribution is 6.76. The predicted octanol–water partition coefficient (Wildman–Crippen LogP) is -2.09. The number of hydrogen-bond donors (Lipinski definition) is 1. The third-order valence-electron chi connectivity index (χ3n) is 1.42. The summed E-state index contributed by atoms with van der Waals surface area (Å²) in [4.78, 5) is 0. The summed E-state index contributed by atoms with van der Waals surface area (Å²) < 4.78 is 0. The zero-order valence-electron chi connectivity index (χ0n) is 7.58. The molecule has 2 N–H and O–H groups in total. The fourth-order valence-electron chi connectivity index (χ4n) is 0.837. The Kier molecular flexibility index (Phi) is 8.45. The van der Waals surface area contributed by atoms with Crippen LogP contribution in [0.25, 0.3) is 0 Å². The molecule has 0 radical (unpaired) electrons. The topological polar surface area (TPSA) is 16.6 Å². The Hall–Kier alpha value is 0.657. The van der Waals surface area contributed by atoms with E-state index in [-0.39, 0.29) is 17.0 Å². The molecule has 0 amide bonds. The van der Waals surface area contributed by atoms with E-state index in [9.17, 15) is 0 Å². The van der Waals surface area contributed by atoms with Crippen molar-refractivity contribution >= 4 is 8.07 Å². The molecule has 0 spiro atoms. The van der Waals surface area contributed by atoms with Crippen molar-refractivity contribution in [2.24, 2.45) is 0 Å². The average molecular weight is 226 g/mol. The molecule has 0 unspecified atom stereocenters. The number of rotatable bonds is 4. The SMILES string of the molecule is C[NH2+]CCC[Si](C)(C)C.[Br-]. The number of quaternary nitrogens is 1. The first-order valence-corrected chi connectivity index (χ1v) is 7.55. The Morgan fingerprint density at radius 2 is 1.70 bits per heavy atom. The van der Waals surface area contributed by atoms with Crippen molar-refractivity contribution in [1.29, 1.82) is 0 Å². The second-order valence-corrected chi connectivity index (χ2v) is 9.48. The van der Waals surface area contributed by atoms with Gasteiger partial charge in [0.05, 0.1) is 13.6 Å². The Morgan fingerprint density at radius 3 is 2.00 bits per heavy atom. The van der Waals surface area contributed by atoms with Crippen LogP contribution in [0.1, 0.15) is 6.42 Å². The molecular formula is C7H20BrNSi. The van der Waals surface area contributed by atoms with Gasteiger partial charge in [0.2, 0.25) is 0 Å². The van der Waals surface area contributed by atoms with Gasteiger partial charge in [0.1, 0.15) is 0 Å². The second-order valence-electron chi connectivity index (χ2n) is 3.86. The minimum atomic E-state index is -0.714. The number of hydrogen-bond acceptors (Lipinski definition) is 0. The number of halogens is 1. The second kappa shape index (κ2) is 6.37. The molecule has 64 valence electrons. The molecule has 0 fully saturated rings. The lowest BCUT2D eigenvalue weighted by molar-refractivity contribution is -0.626. The van der Waals surface area contributed by atoms with Crippen LogP contribution in [-0.4, -0.2) is 21.7 Å². The molecule has 0 rings (SSSR count). The van der Waals surface area contributed by atoms with Gasteiger partial charge < -0.3 is 22.3 Å². The molecule has 0 aliphatic heterocycles. The Balaban J connectivity index is 0. The molecule has 0 heterocycles. The summed E-state index contributed by atoms with van der Waals surface area (Å²) >= 11 is 0. The van der Waals surface area contributed by atoms with Gasteiger partial charge in [-0.05, 0) is 6.42 Å². The van der Waals surface area contributed by atoms with Gasteiger partial charge in [-0.2, -0.15) is 0 Å². The van der Waals surface area contributed by atoms with Gasteiger partial charge in [-0.15, -0.1) is 0 Å². The molecule has 0 aliphatic rings. The molecule has 1 nitrogen and oxygen atoms in total. The first-order chi connectivity index (χ1) is 4.06. The van der Waals surface area contributed by atoms with Gasteiger partial charge in [0.15, 0.2) is 0 Å². The molecule has 0 bridgehead atoms. The molecule has 0 atom stereocenters. The summed E-state index contributed by atoms with van der Waals surface area (Å²) in [6.07, 6.45) is 1.41. The van der Waals surface area contributed by atoms with Gasteiger partial charge in [-0.25, -0.2) is 0 Å². The molecule has 3 heteroatoms. The molecule has 0 saturated heterocycles. The van der Waals surface area contributed by atoms with Crippen LogP contribution < -0.4 is 22.3 Å². The van der Waals surface area contributed by atoms with E-state index >= 15 is 0 Å². The van der Waals surface area contributed by atoms with Gasteiger partial charge >= 0.3 is 0 Å². The molecular weight excluding hydrogens is 206 g/mol. The van der Waals surface area contributed by atoms with Crippen molar-refractivity contribution in [2.45, 2.75) is 32.1 Å². The van der Waals surface area contributed by atoms with E-state index in [1.54, 1.807) is 0 Å². The van der Waals surface area contributed by atoms with Crippen LogP contribution in [0.5, 0.6) is 0 Å². The van der Waals surface area contributed by atoms with E-state index in [0.717, 1.165) is 0 Å². The van der Waals surface area contributed by atoms with Gasteiger partial charge in [0, 0.05) is 8.07 Å².